The predicted octanol–water partition coefficient (Wildman–Crippen LogP) is 0.711. The lowest BCUT2D eigenvalue weighted by Gasteiger charge is -2.30. The van der Waals surface area contributed by atoms with E-state index < -0.39 is 8.80 Å². The second kappa shape index (κ2) is 9.09. The molecule has 0 saturated heterocycles. The van der Waals surface area contributed by atoms with E-state index in [-0.39, 0.29) is 6.10 Å². The molecule has 0 fully saturated rings. The van der Waals surface area contributed by atoms with Crippen molar-refractivity contribution in [1.82, 2.24) is 0 Å². The summed E-state index contributed by atoms with van der Waals surface area (Å²) >= 11 is 0. The monoisotopic (exact) mass is 250 g/mol. The van der Waals surface area contributed by atoms with Crippen molar-refractivity contribution in [2.24, 2.45) is 11.5 Å². The smallest absolute Gasteiger partial charge is 0.377 e. The van der Waals surface area contributed by atoms with E-state index in [0.29, 0.717) is 19.7 Å². The maximum Gasteiger partial charge on any atom is 0.500 e. The molecule has 0 heterocycles. The Balaban J connectivity index is 4.35. The van der Waals surface area contributed by atoms with Crippen LogP contribution in [0.1, 0.15) is 26.7 Å². The van der Waals surface area contributed by atoms with Crippen molar-refractivity contribution in [3.8, 4) is 0 Å². The molecule has 0 aliphatic rings. The van der Waals surface area contributed by atoms with Crippen molar-refractivity contribution in [2.75, 3.05) is 26.8 Å². The van der Waals surface area contributed by atoms with Crippen LogP contribution in [0.25, 0.3) is 0 Å². The van der Waals surface area contributed by atoms with E-state index in [1.54, 1.807) is 7.11 Å². The highest BCUT2D eigenvalue weighted by Crippen LogP contribution is 2.19. The minimum absolute atomic E-state index is 0.0703. The molecule has 0 rings (SSSR count). The maximum atomic E-state index is 5.93. The van der Waals surface area contributed by atoms with Gasteiger partial charge in [0.15, 0.2) is 0 Å². The summed E-state index contributed by atoms with van der Waals surface area (Å²) in [4.78, 5) is 0. The van der Waals surface area contributed by atoms with Gasteiger partial charge in [-0.15, -0.1) is 0 Å². The minimum atomic E-state index is -2.53. The zero-order chi connectivity index (χ0) is 12.4. The summed E-state index contributed by atoms with van der Waals surface area (Å²) in [5.41, 5.74) is 11.0. The van der Waals surface area contributed by atoms with Gasteiger partial charge in [0.2, 0.25) is 0 Å². The molecule has 0 amide bonds. The van der Waals surface area contributed by atoms with Crippen molar-refractivity contribution in [3.05, 3.63) is 0 Å². The quantitative estimate of drug-likeness (QED) is 0.558. The van der Waals surface area contributed by atoms with Crippen LogP contribution in [0.15, 0.2) is 0 Å². The summed E-state index contributed by atoms with van der Waals surface area (Å²) in [5.74, 6) is 0. The largest absolute Gasteiger partial charge is 0.500 e. The van der Waals surface area contributed by atoms with Gasteiger partial charge in [-0.25, -0.2) is 0 Å². The highest BCUT2D eigenvalue weighted by Gasteiger charge is 2.40. The standard InChI is InChI=1S/C10H26N2O3Si/c1-4-14-16(13-3,9-5-7-11)15-10(2)6-8-12/h10H,4-9,11-12H2,1-3H3. The molecule has 0 aromatic carbocycles. The highest BCUT2D eigenvalue weighted by atomic mass is 28.4. The van der Waals surface area contributed by atoms with Gasteiger partial charge in [0.05, 0.1) is 0 Å². The van der Waals surface area contributed by atoms with Gasteiger partial charge < -0.3 is 24.7 Å². The van der Waals surface area contributed by atoms with E-state index >= 15 is 0 Å². The Morgan fingerprint density at radius 2 is 1.94 bits per heavy atom. The lowest BCUT2D eigenvalue weighted by molar-refractivity contribution is 0.0476. The highest BCUT2D eigenvalue weighted by molar-refractivity contribution is 6.60. The van der Waals surface area contributed by atoms with Gasteiger partial charge in [-0.2, -0.15) is 0 Å². The van der Waals surface area contributed by atoms with E-state index in [2.05, 4.69) is 0 Å². The molecule has 0 aliphatic carbocycles. The molecular weight excluding hydrogens is 224 g/mol. The lowest BCUT2D eigenvalue weighted by atomic mass is 10.3. The van der Waals surface area contributed by atoms with Gasteiger partial charge in [0.1, 0.15) is 0 Å². The van der Waals surface area contributed by atoms with Crippen LogP contribution in [-0.2, 0) is 13.3 Å². The molecule has 0 bridgehead atoms. The van der Waals surface area contributed by atoms with Crippen LogP contribution < -0.4 is 11.5 Å². The summed E-state index contributed by atoms with van der Waals surface area (Å²) in [5, 5.41) is 0. The van der Waals surface area contributed by atoms with Gasteiger partial charge in [0, 0.05) is 25.9 Å². The number of hydrogen-bond acceptors (Lipinski definition) is 5. The minimum Gasteiger partial charge on any atom is -0.377 e. The molecule has 0 saturated carbocycles. The molecule has 0 aliphatic heterocycles. The topological polar surface area (TPSA) is 79.7 Å². The summed E-state index contributed by atoms with van der Waals surface area (Å²) in [6.45, 7) is 5.77. The zero-order valence-electron chi connectivity index (χ0n) is 10.7. The fourth-order valence-corrected chi connectivity index (χ4v) is 4.07. The second-order valence-corrected chi connectivity index (χ2v) is 6.52. The van der Waals surface area contributed by atoms with Crippen molar-refractivity contribution >= 4 is 8.80 Å². The zero-order valence-corrected chi connectivity index (χ0v) is 11.7. The van der Waals surface area contributed by atoms with E-state index in [1.165, 1.54) is 0 Å². The Labute approximate surface area is 99.8 Å². The van der Waals surface area contributed by atoms with Crippen LogP contribution in [0.4, 0.5) is 0 Å². The molecule has 0 spiro atoms. The van der Waals surface area contributed by atoms with E-state index in [9.17, 15) is 0 Å². The van der Waals surface area contributed by atoms with Gasteiger partial charge in [-0.05, 0) is 39.8 Å². The number of nitrogens with two attached hydrogens (primary N) is 2. The van der Waals surface area contributed by atoms with Crippen LogP contribution in [0.5, 0.6) is 0 Å². The number of hydrogen-bond donors (Lipinski definition) is 2. The normalized spacial score (nSPS) is 17.1. The third kappa shape index (κ3) is 5.93. The van der Waals surface area contributed by atoms with Gasteiger partial charge in [0.25, 0.3) is 0 Å². The summed E-state index contributed by atoms with van der Waals surface area (Å²) < 4.78 is 17.1. The molecule has 0 radical (unpaired) electrons. The molecule has 0 aromatic heterocycles. The van der Waals surface area contributed by atoms with Crippen molar-refractivity contribution < 1.29 is 13.3 Å². The van der Waals surface area contributed by atoms with Crippen molar-refractivity contribution in [1.29, 1.82) is 0 Å². The van der Waals surface area contributed by atoms with Crippen LogP contribution in [0.2, 0.25) is 6.04 Å². The summed E-state index contributed by atoms with van der Waals surface area (Å²) in [6.07, 6.45) is 1.74. The van der Waals surface area contributed by atoms with Gasteiger partial charge in [-0.1, -0.05) is 0 Å². The maximum absolute atomic E-state index is 5.93. The molecule has 4 N–H and O–H groups in total. The first-order valence-electron chi connectivity index (χ1n) is 5.91. The molecule has 98 valence electrons. The molecule has 0 aromatic rings. The van der Waals surface area contributed by atoms with Crippen molar-refractivity contribution in [3.63, 3.8) is 0 Å². The lowest BCUT2D eigenvalue weighted by Crippen LogP contribution is -2.47. The molecule has 2 atom stereocenters. The van der Waals surface area contributed by atoms with Crippen molar-refractivity contribution in [2.45, 2.75) is 38.8 Å². The Kier molecular flexibility index (Phi) is 9.10. The Bertz CT molecular complexity index is 174. The Morgan fingerprint density at radius 3 is 2.38 bits per heavy atom. The Morgan fingerprint density at radius 1 is 1.25 bits per heavy atom. The first-order chi connectivity index (χ1) is 7.64. The van der Waals surface area contributed by atoms with Crippen LogP contribution in [0, 0.1) is 0 Å². The molecular formula is C10H26N2O3Si. The summed E-state index contributed by atoms with van der Waals surface area (Å²) in [6, 6.07) is 0.767. The third-order valence-corrected chi connectivity index (χ3v) is 5.39. The van der Waals surface area contributed by atoms with Crippen LogP contribution in [0.3, 0.4) is 0 Å². The van der Waals surface area contributed by atoms with Crippen LogP contribution >= 0.6 is 0 Å². The average Bonchev–Trinajstić information content (AvgIpc) is 2.26. The average molecular weight is 250 g/mol. The molecule has 6 heteroatoms. The fourth-order valence-electron chi connectivity index (χ4n) is 1.51. The second-order valence-electron chi connectivity index (χ2n) is 3.72. The molecule has 16 heavy (non-hydrogen) atoms. The summed E-state index contributed by atoms with van der Waals surface area (Å²) in [7, 11) is -0.880. The third-order valence-electron chi connectivity index (χ3n) is 2.32. The van der Waals surface area contributed by atoms with Crippen LogP contribution in [-0.4, -0.2) is 41.7 Å². The first kappa shape index (κ1) is 16.0. The van der Waals surface area contributed by atoms with E-state index in [4.69, 9.17) is 24.7 Å². The van der Waals surface area contributed by atoms with Gasteiger partial charge in [-0.3, -0.25) is 0 Å². The number of rotatable bonds is 10. The van der Waals surface area contributed by atoms with Gasteiger partial charge >= 0.3 is 8.80 Å². The first-order valence-corrected chi connectivity index (χ1v) is 7.84. The predicted molar refractivity (Wildman–Crippen MR) is 67.1 cm³/mol. The SMILES string of the molecule is CCO[Si](CCCN)(OC)OC(C)CCN. The van der Waals surface area contributed by atoms with E-state index in [0.717, 1.165) is 18.9 Å². The van der Waals surface area contributed by atoms with E-state index in [1.807, 2.05) is 13.8 Å². The fraction of sp³-hybridized carbons (Fsp3) is 1.00. The Hall–Kier alpha value is 0.0169. The molecule has 2 unspecified atom stereocenters. The molecule has 5 nitrogen and oxygen atoms in total.